The zero-order valence-corrected chi connectivity index (χ0v) is 19.3. The molecule has 3 rings (SSSR count). The molecule has 8 nitrogen and oxygen atoms in total. The number of non-ortho nitro benzene ring substituents is 1. The summed E-state index contributed by atoms with van der Waals surface area (Å²) in [5.74, 6) is -0.166. The fourth-order valence-corrected chi connectivity index (χ4v) is 5.12. The molecule has 0 saturated heterocycles. The predicted octanol–water partition coefficient (Wildman–Crippen LogP) is 4.86. The van der Waals surface area contributed by atoms with Gasteiger partial charge in [-0.05, 0) is 17.2 Å². The van der Waals surface area contributed by atoms with E-state index in [1.807, 2.05) is 60.7 Å². The van der Waals surface area contributed by atoms with Crippen LogP contribution in [0.4, 0.5) is 11.4 Å². The van der Waals surface area contributed by atoms with Gasteiger partial charge < -0.3 is 0 Å². The van der Waals surface area contributed by atoms with Gasteiger partial charge >= 0.3 is 0 Å². The van der Waals surface area contributed by atoms with E-state index < -0.39 is 14.9 Å². The van der Waals surface area contributed by atoms with Gasteiger partial charge in [0.25, 0.3) is 5.69 Å². The predicted molar refractivity (Wildman–Crippen MR) is 130 cm³/mol. The largest absolute Gasteiger partial charge is 0.277 e. The fourth-order valence-electron chi connectivity index (χ4n) is 3.50. The Morgan fingerprint density at radius 2 is 1.52 bits per heavy atom. The maximum atomic E-state index is 13.1. The highest BCUT2D eigenvalue weighted by molar-refractivity contribution is 7.89. The van der Waals surface area contributed by atoms with Gasteiger partial charge in [0, 0.05) is 37.4 Å². The van der Waals surface area contributed by atoms with Gasteiger partial charge in [0.1, 0.15) is 4.90 Å². The van der Waals surface area contributed by atoms with Crippen molar-refractivity contribution in [3.8, 4) is 0 Å². The Morgan fingerprint density at radius 1 is 0.970 bits per heavy atom. The normalized spacial score (nSPS) is 11.9. The van der Waals surface area contributed by atoms with E-state index in [4.69, 9.17) is 0 Å². The smallest absolute Gasteiger partial charge is 0.270 e. The van der Waals surface area contributed by atoms with E-state index in [0.29, 0.717) is 0 Å². The highest BCUT2D eigenvalue weighted by Crippen LogP contribution is 2.29. The van der Waals surface area contributed by atoms with Gasteiger partial charge in [0.05, 0.1) is 10.6 Å². The Bertz CT molecular complexity index is 1170. The zero-order valence-electron chi connectivity index (χ0n) is 18.5. The third kappa shape index (κ3) is 5.63. The zero-order chi connectivity index (χ0) is 23.8. The summed E-state index contributed by atoms with van der Waals surface area (Å²) in [6, 6.07) is 23.3. The van der Waals surface area contributed by atoms with E-state index in [0.717, 1.165) is 17.2 Å². The van der Waals surface area contributed by atoms with Gasteiger partial charge in [-0.3, -0.25) is 15.5 Å². The summed E-state index contributed by atoms with van der Waals surface area (Å²) < 4.78 is 27.5. The Labute approximate surface area is 193 Å². The molecular weight excluding hydrogens is 440 g/mol. The number of sulfonamides is 1. The minimum atomic E-state index is -3.95. The van der Waals surface area contributed by atoms with Crippen molar-refractivity contribution in [2.24, 2.45) is 5.10 Å². The van der Waals surface area contributed by atoms with Crippen molar-refractivity contribution in [1.82, 2.24) is 4.31 Å². The second kappa shape index (κ2) is 10.8. The minimum absolute atomic E-state index is 0.166. The number of benzene rings is 3. The average Bonchev–Trinajstić information content (AvgIpc) is 2.83. The number of nitro groups is 1. The SMILES string of the molecule is CCN(CC)S(=O)(=O)c1cc([N+](=O)[O-])ccc1NN=CC(c1ccccc1)c1ccccc1. The van der Waals surface area contributed by atoms with E-state index in [9.17, 15) is 18.5 Å². The minimum Gasteiger partial charge on any atom is -0.277 e. The van der Waals surface area contributed by atoms with Gasteiger partial charge in [-0.15, -0.1) is 0 Å². The molecule has 0 aromatic heterocycles. The Balaban J connectivity index is 1.99. The average molecular weight is 467 g/mol. The molecule has 0 aliphatic rings. The van der Waals surface area contributed by atoms with E-state index >= 15 is 0 Å². The molecule has 0 heterocycles. The number of rotatable bonds is 10. The van der Waals surface area contributed by atoms with Crippen LogP contribution < -0.4 is 5.43 Å². The first-order chi connectivity index (χ1) is 15.9. The molecule has 0 aliphatic heterocycles. The molecule has 9 heteroatoms. The van der Waals surface area contributed by atoms with Crippen molar-refractivity contribution in [2.45, 2.75) is 24.7 Å². The van der Waals surface area contributed by atoms with Crippen LogP contribution in [0.2, 0.25) is 0 Å². The quantitative estimate of drug-likeness (QED) is 0.261. The summed E-state index contributed by atoms with van der Waals surface area (Å²) in [7, 11) is -3.95. The second-order valence-electron chi connectivity index (χ2n) is 7.22. The van der Waals surface area contributed by atoms with Crippen LogP contribution in [-0.2, 0) is 10.0 Å². The molecular formula is C24H26N4O4S. The molecule has 0 radical (unpaired) electrons. The molecule has 1 N–H and O–H groups in total. The molecule has 0 aliphatic carbocycles. The Morgan fingerprint density at radius 3 is 2.00 bits per heavy atom. The first kappa shape index (κ1) is 24.1. The van der Waals surface area contributed by atoms with Crippen molar-refractivity contribution in [2.75, 3.05) is 18.5 Å². The van der Waals surface area contributed by atoms with Crippen molar-refractivity contribution in [3.63, 3.8) is 0 Å². The molecule has 3 aromatic carbocycles. The first-order valence-corrected chi connectivity index (χ1v) is 12.0. The third-order valence-corrected chi connectivity index (χ3v) is 7.32. The van der Waals surface area contributed by atoms with Crippen LogP contribution in [0.1, 0.15) is 30.9 Å². The van der Waals surface area contributed by atoms with Gasteiger partial charge in [-0.1, -0.05) is 74.5 Å². The second-order valence-corrected chi connectivity index (χ2v) is 9.12. The van der Waals surface area contributed by atoms with Crippen LogP contribution in [0.3, 0.4) is 0 Å². The van der Waals surface area contributed by atoms with Gasteiger partial charge in [0.15, 0.2) is 0 Å². The molecule has 172 valence electrons. The molecule has 0 atom stereocenters. The Kier molecular flexibility index (Phi) is 7.92. The number of hydrogen-bond acceptors (Lipinski definition) is 6. The maximum Gasteiger partial charge on any atom is 0.270 e. The highest BCUT2D eigenvalue weighted by Gasteiger charge is 2.27. The van der Waals surface area contributed by atoms with E-state index in [1.54, 1.807) is 20.1 Å². The van der Waals surface area contributed by atoms with Crippen molar-refractivity contribution in [1.29, 1.82) is 0 Å². The summed E-state index contributed by atoms with van der Waals surface area (Å²) >= 11 is 0. The van der Waals surface area contributed by atoms with E-state index in [2.05, 4.69) is 10.5 Å². The summed E-state index contributed by atoms with van der Waals surface area (Å²) in [6.07, 6.45) is 1.69. The molecule has 33 heavy (non-hydrogen) atoms. The summed E-state index contributed by atoms with van der Waals surface area (Å²) in [6.45, 7) is 3.92. The van der Waals surface area contributed by atoms with Crippen LogP contribution in [0.5, 0.6) is 0 Å². The number of anilines is 1. The highest BCUT2D eigenvalue weighted by atomic mass is 32.2. The topological polar surface area (TPSA) is 105 Å². The molecule has 3 aromatic rings. The summed E-state index contributed by atoms with van der Waals surface area (Å²) in [5.41, 5.74) is 4.71. The summed E-state index contributed by atoms with van der Waals surface area (Å²) in [4.78, 5) is 10.5. The number of nitrogens with zero attached hydrogens (tertiary/aromatic N) is 3. The van der Waals surface area contributed by atoms with Crippen LogP contribution in [0.25, 0.3) is 0 Å². The summed E-state index contributed by atoms with van der Waals surface area (Å²) in [5, 5.41) is 15.6. The van der Waals surface area contributed by atoms with Crippen LogP contribution >= 0.6 is 0 Å². The fraction of sp³-hybridized carbons (Fsp3) is 0.208. The van der Waals surface area contributed by atoms with E-state index in [-0.39, 0.29) is 35.3 Å². The third-order valence-electron chi connectivity index (χ3n) is 5.23. The molecule has 0 spiro atoms. The molecule has 0 amide bonds. The van der Waals surface area contributed by atoms with Crippen molar-refractivity contribution in [3.05, 3.63) is 100 Å². The lowest BCUT2D eigenvalue weighted by molar-refractivity contribution is -0.385. The number of hydrogen-bond donors (Lipinski definition) is 1. The lowest BCUT2D eigenvalue weighted by Crippen LogP contribution is -2.31. The molecule has 0 fully saturated rings. The van der Waals surface area contributed by atoms with Crippen LogP contribution in [0, 0.1) is 10.1 Å². The number of nitrogens with one attached hydrogen (secondary N) is 1. The van der Waals surface area contributed by atoms with Crippen LogP contribution in [0.15, 0.2) is 88.9 Å². The van der Waals surface area contributed by atoms with Gasteiger partial charge in [-0.2, -0.15) is 9.41 Å². The van der Waals surface area contributed by atoms with Crippen LogP contribution in [-0.4, -0.2) is 37.0 Å². The Hall–Kier alpha value is -3.56. The number of hydrazone groups is 1. The van der Waals surface area contributed by atoms with Crippen molar-refractivity contribution >= 4 is 27.6 Å². The van der Waals surface area contributed by atoms with Gasteiger partial charge in [0.2, 0.25) is 10.0 Å². The van der Waals surface area contributed by atoms with Crippen molar-refractivity contribution < 1.29 is 13.3 Å². The molecule has 0 bridgehead atoms. The lowest BCUT2D eigenvalue weighted by atomic mass is 9.92. The first-order valence-electron chi connectivity index (χ1n) is 10.6. The van der Waals surface area contributed by atoms with Gasteiger partial charge in [-0.25, -0.2) is 8.42 Å². The monoisotopic (exact) mass is 466 g/mol. The molecule has 0 saturated carbocycles. The standard InChI is InChI=1S/C24H26N4O4S/c1-3-27(4-2)33(31,32)24-17-21(28(29)30)15-16-23(24)26-25-18-22(19-11-7-5-8-12-19)20-13-9-6-10-14-20/h5-18,22,26H,3-4H2,1-2H3. The number of nitro benzene ring substituents is 1. The maximum absolute atomic E-state index is 13.1. The van der Waals surface area contributed by atoms with E-state index in [1.165, 1.54) is 16.4 Å². The molecule has 0 unspecified atom stereocenters. The lowest BCUT2D eigenvalue weighted by Gasteiger charge is -2.20.